The lowest BCUT2D eigenvalue weighted by molar-refractivity contribution is -0.165. The van der Waals surface area contributed by atoms with E-state index in [1.54, 1.807) is 12.1 Å². The minimum absolute atomic E-state index is 0.00311. The van der Waals surface area contributed by atoms with Crippen LogP contribution in [-0.2, 0) is 20.7 Å². The van der Waals surface area contributed by atoms with Gasteiger partial charge in [0.2, 0.25) is 5.75 Å². The van der Waals surface area contributed by atoms with Crippen LogP contribution in [0.25, 0.3) is 0 Å². The molecule has 2 aromatic carbocycles. The highest BCUT2D eigenvalue weighted by atomic mass is 16.6. The average molecular weight is 571 g/mol. The summed E-state index contributed by atoms with van der Waals surface area (Å²) >= 11 is 0. The van der Waals surface area contributed by atoms with Crippen molar-refractivity contribution in [2.75, 3.05) is 7.11 Å². The van der Waals surface area contributed by atoms with Gasteiger partial charge in [-0.05, 0) is 79.8 Å². The molecular weight excluding hydrogens is 524 g/mol. The van der Waals surface area contributed by atoms with Gasteiger partial charge in [0, 0.05) is 19.8 Å². The van der Waals surface area contributed by atoms with E-state index in [1.165, 1.54) is 26.5 Å². The third-order valence-corrected chi connectivity index (χ3v) is 8.38. The number of unbranched alkanes of at least 4 members (excludes halogenated alkanes) is 2. The van der Waals surface area contributed by atoms with Gasteiger partial charge in [-0.3, -0.25) is 4.79 Å². The van der Waals surface area contributed by atoms with Crippen LogP contribution in [0, 0.1) is 5.92 Å². The number of carbonyl (C=O) groups is 1. The number of hydrogen-bond donors (Lipinski definition) is 3. The first-order chi connectivity index (χ1) is 19.8. The normalized spacial score (nSPS) is 22.2. The van der Waals surface area contributed by atoms with E-state index in [2.05, 4.69) is 6.92 Å². The summed E-state index contributed by atoms with van der Waals surface area (Å²) in [6.07, 6.45) is 10.1. The van der Waals surface area contributed by atoms with Crippen LogP contribution in [0.4, 0.5) is 0 Å². The predicted molar refractivity (Wildman–Crippen MR) is 156 cm³/mol. The summed E-state index contributed by atoms with van der Waals surface area (Å²) in [6, 6.07) is 8.70. The van der Waals surface area contributed by atoms with Crippen molar-refractivity contribution >= 4 is 5.97 Å². The van der Waals surface area contributed by atoms with Crippen molar-refractivity contribution in [2.24, 2.45) is 5.92 Å². The van der Waals surface area contributed by atoms with Gasteiger partial charge < -0.3 is 34.3 Å². The number of methoxy groups -OCH3 is 1. The van der Waals surface area contributed by atoms with Crippen LogP contribution < -0.4 is 9.47 Å². The Balaban J connectivity index is 1.61. The molecule has 1 heterocycles. The van der Waals surface area contributed by atoms with E-state index in [0.717, 1.165) is 56.9 Å². The van der Waals surface area contributed by atoms with Crippen LogP contribution in [0.3, 0.4) is 0 Å². The van der Waals surface area contributed by atoms with Gasteiger partial charge in [-0.25, -0.2) is 0 Å². The molecule has 2 aliphatic rings. The number of hydrogen-bond acceptors (Lipinski definition) is 8. The molecule has 2 aromatic rings. The maximum atomic E-state index is 12.0. The summed E-state index contributed by atoms with van der Waals surface area (Å²) < 4.78 is 24.0. The maximum absolute atomic E-state index is 12.0. The molecule has 0 amide bonds. The van der Waals surface area contributed by atoms with Crippen molar-refractivity contribution in [3.63, 3.8) is 0 Å². The number of ether oxygens (including phenoxy) is 4. The molecule has 0 spiro atoms. The van der Waals surface area contributed by atoms with E-state index in [4.69, 9.17) is 18.9 Å². The minimum Gasteiger partial charge on any atom is -0.504 e. The fraction of sp³-hybridized carbons (Fsp3) is 0.606. The Morgan fingerprint density at radius 1 is 0.976 bits per heavy atom. The molecule has 0 unspecified atom stereocenters. The van der Waals surface area contributed by atoms with E-state index in [0.29, 0.717) is 30.6 Å². The Labute approximate surface area is 243 Å². The molecule has 3 N–H and O–H groups in total. The van der Waals surface area contributed by atoms with Crippen LogP contribution in [0.2, 0.25) is 0 Å². The number of esters is 1. The smallest absolute Gasteiger partial charge is 0.302 e. The van der Waals surface area contributed by atoms with Crippen LogP contribution in [0.15, 0.2) is 30.3 Å². The van der Waals surface area contributed by atoms with Crippen LogP contribution >= 0.6 is 0 Å². The lowest BCUT2D eigenvalue weighted by atomic mass is 9.83. The molecule has 4 atom stereocenters. The van der Waals surface area contributed by atoms with Gasteiger partial charge in [0.1, 0.15) is 6.10 Å². The molecule has 1 aliphatic heterocycles. The number of benzene rings is 2. The Bertz CT molecular complexity index is 1140. The number of phenolic OH excluding ortho intramolecular Hbond substituents is 3. The van der Waals surface area contributed by atoms with Crippen molar-refractivity contribution in [1.29, 1.82) is 0 Å². The van der Waals surface area contributed by atoms with E-state index in [9.17, 15) is 20.1 Å². The Morgan fingerprint density at radius 2 is 1.76 bits per heavy atom. The zero-order chi connectivity index (χ0) is 29.4. The summed E-state index contributed by atoms with van der Waals surface area (Å²) in [5.74, 6) is 0.0645. The Hall–Kier alpha value is -3.13. The molecule has 4 rings (SSSR count). The average Bonchev–Trinajstić information content (AvgIpc) is 2.95. The van der Waals surface area contributed by atoms with Crippen LogP contribution in [0.5, 0.6) is 28.7 Å². The molecular formula is C33H46O8. The third-order valence-electron chi connectivity index (χ3n) is 8.38. The fourth-order valence-electron chi connectivity index (χ4n) is 6.25. The largest absolute Gasteiger partial charge is 0.504 e. The summed E-state index contributed by atoms with van der Waals surface area (Å²) in [5, 5.41) is 31.3. The van der Waals surface area contributed by atoms with Crippen LogP contribution in [0.1, 0.15) is 102 Å². The van der Waals surface area contributed by atoms with E-state index < -0.39 is 6.10 Å². The van der Waals surface area contributed by atoms with Gasteiger partial charge in [-0.1, -0.05) is 38.7 Å². The highest BCUT2D eigenvalue weighted by Gasteiger charge is 2.37. The number of phenols is 3. The lowest BCUT2D eigenvalue weighted by Crippen LogP contribution is -2.39. The van der Waals surface area contributed by atoms with Crippen molar-refractivity contribution in [1.82, 2.24) is 0 Å². The maximum Gasteiger partial charge on any atom is 0.302 e. The van der Waals surface area contributed by atoms with Crippen molar-refractivity contribution in [3.8, 4) is 28.7 Å². The lowest BCUT2D eigenvalue weighted by Gasteiger charge is -2.39. The molecule has 41 heavy (non-hydrogen) atoms. The quantitative estimate of drug-likeness (QED) is 0.140. The zero-order valence-corrected chi connectivity index (χ0v) is 24.6. The molecule has 0 aromatic heterocycles. The molecule has 1 aliphatic carbocycles. The first-order valence-corrected chi connectivity index (χ1v) is 15.2. The zero-order valence-electron chi connectivity index (χ0n) is 24.6. The second-order valence-electron chi connectivity index (χ2n) is 11.6. The van der Waals surface area contributed by atoms with Gasteiger partial charge in [-0.2, -0.15) is 0 Å². The van der Waals surface area contributed by atoms with E-state index in [-0.39, 0.29) is 53.2 Å². The molecule has 0 radical (unpaired) electrons. The summed E-state index contributed by atoms with van der Waals surface area (Å²) in [4.78, 5) is 12.0. The third kappa shape index (κ3) is 8.44. The van der Waals surface area contributed by atoms with Gasteiger partial charge in [0.25, 0.3) is 0 Å². The van der Waals surface area contributed by atoms with Crippen LogP contribution in [-0.4, -0.2) is 46.7 Å². The Kier molecular flexibility index (Phi) is 11.0. The summed E-state index contributed by atoms with van der Waals surface area (Å²) in [6.45, 7) is 3.59. The predicted octanol–water partition coefficient (Wildman–Crippen LogP) is 7.11. The second-order valence-corrected chi connectivity index (χ2v) is 11.6. The molecule has 1 saturated heterocycles. The highest BCUT2D eigenvalue weighted by Crippen LogP contribution is 2.44. The number of carbonyl (C=O) groups excluding carboxylic acids is 1. The van der Waals surface area contributed by atoms with Crippen molar-refractivity contribution in [2.45, 2.75) is 115 Å². The first-order valence-electron chi connectivity index (χ1n) is 15.2. The van der Waals surface area contributed by atoms with Gasteiger partial charge >= 0.3 is 5.97 Å². The molecule has 0 bridgehead atoms. The number of rotatable bonds is 12. The molecule has 226 valence electrons. The van der Waals surface area contributed by atoms with Crippen molar-refractivity contribution < 1.29 is 39.1 Å². The van der Waals surface area contributed by atoms with E-state index >= 15 is 0 Å². The molecule has 8 nitrogen and oxygen atoms in total. The van der Waals surface area contributed by atoms with E-state index in [1.807, 2.05) is 12.1 Å². The van der Waals surface area contributed by atoms with Gasteiger partial charge in [0.05, 0.1) is 25.4 Å². The molecule has 8 heteroatoms. The Morgan fingerprint density at radius 3 is 2.46 bits per heavy atom. The topological polar surface area (TPSA) is 115 Å². The fourth-order valence-corrected chi connectivity index (χ4v) is 6.25. The highest BCUT2D eigenvalue weighted by molar-refractivity contribution is 5.66. The summed E-state index contributed by atoms with van der Waals surface area (Å²) in [7, 11) is 1.54. The molecule has 1 saturated carbocycles. The minimum atomic E-state index is -0.457. The SMILES string of the molecule is CCCCC[C@H](Cc1ccc(O)c(OC)c1)[C@H]1C[C@@H](OC(C)=O)C[C@@H](c2cc(O)c(O)c(OC3CCCCC3)c2)O1. The summed E-state index contributed by atoms with van der Waals surface area (Å²) in [5.41, 5.74) is 1.72. The van der Waals surface area contributed by atoms with Gasteiger partial charge in [0.15, 0.2) is 23.0 Å². The van der Waals surface area contributed by atoms with Crippen molar-refractivity contribution in [3.05, 3.63) is 41.5 Å². The van der Waals surface area contributed by atoms with Gasteiger partial charge in [-0.15, -0.1) is 0 Å². The number of aromatic hydroxyl groups is 3. The standard InChI is InChI=1S/C33H46O8/c1-4-5-7-10-23(15-22-13-14-27(35)31(16-22)38-3)29-19-26(39-21(2)34)20-30(41-29)24-17-28(36)33(37)32(18-24)40-25-11-8-6-9-12-25/h13-14,16-18,23,25-26,29-30,35-37H,4-12,15,19-20H2,1-3H3/t23-,26-,29-,30+/m1/s1. The molecule has 2 fully saturated rings. The monoisotopic (exact) mass is 570 g/mol. The second kappa shape index (κ2) is 14.7. The first kappa shape index (κ1) is 30.8.